The van der Waals surface area contributed by atoms with Crippen molar-refractivity contribution in [2.75, 3.05) is 19.0 Å². The molecule has 5 heteroatoms. The van der Waals surface area contributed by atoms with Gasteiger partial charge in [-0.3, -0.25) is 0 Å². The lowest BCUT2D eigenvalue weighted by atomic mass is 10.1. The summed E-state index contributed by atoms with van der Waals surface area (Å²) in [6.07, 6.45) is 2.71. The quantitative estimate of drug-likeness (QED) is 0.821. The van der Waals surface area contributed by atoms with E-state index in [2.05, 4.69) is 17.2 Å². The van der Waals surface area contributed by atoms with Gasteiger partial charge in [-0.2, -0.15) is 0 Å². The summed E-state index contributed by atoms with van der Waals surface area (Å²) in [4.78, 5) is 16.4. The maximum atomic E-state index is 11.4. The molecule has 1 aliphatic carbocycles. The highest BCUT2D eigenvalue weighted by molar-refractivity contribution is 7.17. The van der Waals surface area contributed by atoms with Crippen LogP contribution < -0.4 is 5.32 Å². The van der Waals surface area contributed by atoms with Crippen LogP contribution in [0.5, 0.6) is 0 Å². The number of esters is 1. The lowest BCUT2D eigenvalue weighted by molar-refractivity contribution is 0.0605. The van der Waals surface area contributed by atoms with E-state index in [-0.39, 0.29) is 5.97 Å². The summed E-state index contributed by atoms with van der Waals surface area (Å²) in [5, 5.41) is 4.12. The average Bonchev–Trinajstić information content (AvgIpc) is 3.09. The number of carbonyl (C=O) groups excluding carboxylic acids is 1. The van der Waals surface area contributed by atoms with Crippen molar-refractivity contribution in [2.45, 2.75) is 26.7 Å². The van der Waals surface area contributed by atoms with Crippen molar-refractivity contribution in [1.82, 2.24) is 4.98 Å². The van der Waals surface area contributed by atoms with Gasteiger partial charge in [-0.1, -0.05) is 18.3 Å². The van der Waals surface area contributed by atoms with Crippen molar-refractivity contribution >= 4 is 22.4 Å². The molecule has 94 valence electrons. The van der Waals surface area contributed by atoms with E-state index >= 15 is 0 Å². The number of nitrogens with one attached hydrogen (secondary N) is 1. The van der Waals surface area contributed by atoms with Gasteiger partial charge in [0.1, 0.15) is 4.88 Å². The molecule has 1 aromatic rings. The second-order valence-corrected chi connectivity index (χ2v) is 5.62. The molecule has 1 aromatic heterocycles. The first-order valence-corrected chi connectivity index (χ1v) is 6.73. The number of nitrogens with zero attached hydrogens (tertiary/aromatic N) is 1. The molecule has 1 unspecified atom stereocenters. The van der Waals surface area contributed by atoms with Crippen LogP contribution in [-0.4, -0.2) is 24.6 Å². The molecule has 17 heavy (non-hydrogen) atoms. The fourth-order valence-corrected chi connectivity index (χ4v) is 2.73. The molecular formula is C12H18N2O2S. The summed E-state index contributed by atoms with van der Waals surface area (Å²) in [6, 6.07) is 0. The smallest absolute Gasteiger partial charge is 0.350 e. The zero-order chi connectivity index (χ0) is 12.4. The van der Waals surface area contributed by atoms with Crippen LogP contribution in [0.1, 0.15) is 35.1 Å². The predicted molar refractivity (Wildman–Crippen MR) is 68.6 cm³/mol. The van der Waals surface area contributed by atoms with Crippen molar-refractivity contribution in [3.63, 3.8) is 0 Å². The second-order valence-electron chi connectivity index (χ2n) is 4.62. The number of aryl methyl sites for hydroxylation is 1. The summed E-state index contributed by atoms with van der Waals surface area (Å²) >= 11 is 1.37. The molecule has 4 nitrogen and oxygen atoms in total. The van der Waals surface area contributed by atoms with Crippen molar-refractivity contribution < 1.29 is 9.53 Å². The van der Waals surface area contributed by atoms with E-state index in [1.165, 1.54) is 31.3 Å². The third-order valence-corrected chi connectivity index (χ3v) is 4.26. The van der Waals surface area contributed by atoms with Crippen LogP contribution in [0, 0.1) is 18.8 Å². The van der Waals surface area contributed by atoms with Crippen LogP contribution >= 0.6 is 11.3 Å². The Morgan fingerprint density at radius 1 is 1.65 bits per heavy atom. The molecule has 0 radical (unpaired) electrons. The number of aromatic nitrogens is 1. The normalized spacial score (nSPS) is 16.6. The fraction of sp³-hybridized carbons (Fsp3) is 0.667. The first-order chi connectivity index (χ1) is 8.11. The summed E-state index contributed by atoms with van der Waals surface area (Å²) in [5.74, 6) is 1.26. The zero-order valence-electron chi connectivity index (χ0n) is 10.4. The average molecular weight is 254 g/mol. The summed E-state index contributed by atoms with van der Waals surface area (Å²) in [5.41, 5.74) is 0.739. The molecule has 0 aliphatic heterocycles. The third kappa shape index (κ3) is 2.97. The van der Waals surface area contributed by atoms with Crippen LogP contribution in [0.25, 0.3) is 0 Å². The summed E-state index contributed by atoms with van der Waals surface area (Å²) in [7, 11) is 1.39. The van der Waals surface area contributed by atoms with Gasteiger partial charge in [0, 0.05) is 6.54 Å². The Hall–Kier alpha value is -1.10. The van der Waals surface area contributed by atoms with Gasteiger partial charge in [-0.15, -0.1) is 0 Å². The second kappa shape index (κ2) is 5.04. The maximum absolute atomic E-state index is 11.4. The first-order valence-electron chi connectivity index (χ1n) is 5.91. The lowest BCUT2D eigenvalue weighted by Crippen LogP contribution is -2.12. The number of ether oxygens (including phenoxy) is 1. The molecule has 0 saturated heterocycles. The van der Waals surface area contributed by atoms with Crippen molar-refractivity contribution in [3.05, 3.63) is 10.6 Å². The topological polar surface area (TPSA) is 51.2 Å². The third-order valence-electron chi connectivity index (χ3n) is 3.17. The van der Waals surface area contributed by atoms with Gasteiger partial charge in [0.25, 0.3) is 0 Å². The first kappa shape index (κ1) is 12.4. The largest absolute Gasteiger partial charge is 0.465 e. The van der Waals surface area contributed by atoms with Crippen LogP contribution in [0.3, 0.4) is 0 Å². The van der Waals surface area contributed by atoms with Gasteiger partial charge in [-0.05, 0) is 31.6 Å². The Bertz CT molecular complexity index is 413. The SMILES string of the molecule is COC(=O)c1sc(NCC(C)C2CC2)nc1C. The monoisotopic (exact) mass is 254 g/mol. The molecule has 0 aromatic carbocycles. The molecule has 1 fully saturated rings. The molecule has 0 bridgehead atoms. The standard InChI is InChI=1S/C12H18N2O2S/c1-7(9-4-5-9)6-13-12-14-8(2)10(17-12)11(15)16-3/h7,9H,4-6H2,1-3H3,(H,13,14). The number of thiazole rings is 1. The highest BCUT2D eigenvalue weighted by Gasteiger charge is 2.27. The number of carbonyl (C=O) groups is 1. The van der Waals surface area contributed by atoms with Crippen molar-refractivity contribution in [2.24, 2.45) is 11.8 Å². The lowest BCUT2D eigenvalue weighted by Gasteiger charge is -2.09. The Morgan fingerprint density at radius 2 is 2.35 bits per heavy atom. The summed E-state index contributed by atoms with van der Waals surface area (Å²) in [6.45, 7) is 5.02. The number of rotatable bonds is 5. The van der Waals surface area contributed by atoms with E-state index in [0.29, 0.717) is 10.8 Å². The van der Waals surface area contributed by atoms with Gasteiger partial charge in [0.05, 0.1) is 12.8 Å². The van der Waals surface area contributed by atoms with Crippen LogP contribution in [0.15, 0.2) is 0 Å². The number of hydrogen-bond acceptors (Lipinski definition) is 5. The molecule has 1 atom stereocenters. The van der Waals surface area contributed by atoms with Gasteiger partial charge in [0.15, 0.2) is 5.13 Å². The molecule has 1 N–H and O–H groups in total. The molecule has 1 saturated carbocycles. The van der Waals surface area contributed by atoms with E-state index in [1.54, 1.807) is 0 Å². The Morgan fingerprint density at radius 3 is 2.94 bits per heavy atom. The van der Waals surface area contributed by atoms with E-state index in [4.69, 9.17) is 4.74 Å². The highest BCUT2D eigenvalue weighted by Crippen LogP contribution is 2.36. The number of anilines is 1. The van der Waals surface area contributed by atoms with Gasteiger partial charge in [-0.25, -0.2) is 9.78 Å². The van der Waals surface area contributed by atoms with Crippen LogP contribution in [0.4, 0.5) is 5.13 Å². The Kier molecular flexibility index (Phi) is 3.66. The van der Waals surface area contributed by atoms with E-state index < -0.39 is 0 Å². The van der Waals surface area contributed by atoms with Gasteiger partial charge >= 0.3 is 5.97 Å². The fourth-order valence-electron chi connectivity index (χ4n) is 1.83. The molecule has 1 aliphatic rings. The number of hydrogen-bond donors (Lipinski definition) is 1. The molecular weight excluding hydrogens is 236 g/mol. The minimum atomic E-state index is -0.303. The summed E-state index contributed by atoms with van der Waals surface area (Å²) < 4.78 is 4.71. The van der Waals surface area contributed by atoms with Gasteiger partial charge in [0.2, 0.25) is 0 Å². The minimum Gasteiger partial charge on any atom is -0.465 e. The maximum Gasteiger partial charge on any atom is 0.350 e. The van der Waals surface area contributed by atoms with E-state index in [1.807, 2.05) is 6.92 Å². The zero-order valence-corrected chi connectivity index (χ0v) is 11.3. The van der Waals surface area contributed by atoms with Crippen LogP contribution in [-0.2, 0) is 4.74 Å². The van der Waals surface area contributed by atoms with Crippen molar-refractivity contribution in [3.8, 4) is 0 Å². The molecule has 0 amide bonds. The van der Waals surface area contributed by atoms with E-state index in [0.717, 1.165) is 23.3 Å². The highest BCUT2D eigenvalue weighted by atomic mass is 32.1. The molecule has 1 heterocycles. The Labute approximate surface area is 105 Å². The van der Waals surface area contributed by atoms with E-state index in [9.17, 15) is 4.79 Å². The minimum absolute atomic E-state index is 0.303. The molecule has 2 rings (SSSR count). The number of methoxy groups -OCH3 is 1. The van der Waals surface area contributed by atoms with Crippen molar-refractivity contribution in [1.29, 1.82) is 0 Å². The molecule has 0 spiro atoms. The predicted octanol–water partition coefficient (Wildman–Crippen LogP) is 2.70. The van der Waals surface area contributed by atoms with Crippen LogP contribution in [0.2, 0.25) is 0 Å². The van der Waals surface area contributed by atoms with Gasteiger partial charge < -0.3 is 10.1 Å². The Balaban J connectivity index is 1.94.